The zero-order chi connectivity index (χ0) is 11.0. The Kier molecular flexibility index (Phi) is 2.11. The van der Waals surface area contributed by atoms with Gasteiger partial charge in [-0.2, -0.15) is 4.39 Å². The summed E-state index contributed by atoms with van der Waals surface area (Å²) in [5, 5.41) is 3.40. The summed E-state index contributed by atoms with van der Waals surface area (Å²) < 4.78 is 34.8. The summed E-state index contributed by atoms with van der Waals surface area (Å²) in [6, 6.07) is 2.10. The standard InChI is InChI=1S/C9H5F2NO3/c1-14-9(13)7-4-2-3-5(10)6(11)8(4)15-12-7/h2-3H,1H3. The number of methoxy groups -OCH3 is 1. The minimum Gasteiger partial charge on any atom is -0.464 e. The number of carbonyl (C=O) groups excluding carboxylic acids is 1. The Labute approximate surface area is 82.4 Å². The Bertz CT molecular complexity index is 535. The third-order valence-corrected chi connectivity index (χ3v) is 1.91. The molecule has 0 atom stereocenters. The number of esters is 1. The van der Waals surface area contributed by atoms with Crippen LogP contribution < -0.4 is 0 Å². The summed E-state index contributed by atoms with van der Waals surface area (Å²) in [6.07, 6.45) is 0. The lowest BCUT2D eigenvalue weighted by Crippen LogP contribution is -2.01. The number of ether oxygens (including phenoxy) is 1. The van der Waals surface area contributed by atoms with Gasteiger partial charge in [-0.3, -0.25) is 0 Å². The minimum atomic E-state index is -1.17. The van der Waals surface area contributed by atoms with E-state index in [9.17, 15) is 13.6 Å². The predicted octanol–water partition coefficient (Wildman–Crippen LogP) is 1.89. The second kappa shape index (κ2) is 3.30. The summed E-state index contributed by atoms with van der Waals surface area (Å²) in [6.45, 7) is 0. The minimum absolute atomic E-state index is 0.0840. The van der Waals surface area contributed by atoms with Gasteiger partial charge in [0.25, 0.3) is 0 Å². The van der Waals surface area contributed by atoms with Crippen LogP contribution in [0.4, 0.5) is 8.78 Å². The molecule has 0 amide bonds. The smallest absolute Gasteiger partial charge is 0.360 e. The number of hydrogen-bond acceptors (Lipinski definition) is 4. The van der Waals surface area contributed by atoms with Crippen molar-refractivity contribution in [1.82, 2.24) is 5.16 Å². The Balaban J connectivity index is 2.72. The van der Waals surface area contributed by atoms with E-state index in [2.05, 4.69) is 14.4 Å². The van der Waals surface area contributed by atoms with Gasteiger partial charge in [-0.25, -0.2) is 9.18 Å². The van der Waals surface area contributed by atoms with E-state index in [-0.39, 0.29) is 11.1 Å². The van der Waals surface area contributed by atoms with E-state index in [0.29, 0.717) is 0 Å². The van der Waals surface area contributed by atoms with Gasteiger partial charge in [-0.05, 0) is 12.1 Å². The van der Waals surface area contributed by atoms with Crippen molar-refractivity contribution >= 4 is 16.9 Å². The molecule has 0 fully saturated rings. The van der Waals surface area contributed by atoms with Crippen LogP contribution in [-0.2, 0) is 4.74 Å². The molecule has 1 aromatic heterocycles. The zero-order valence-electron chi connectivity index (χ0n) is 7.58. The molecule has 2 aromatic rings. The topological polar surface area (TPSA) is 52.3 Å². The molecule has 78 valence electrons. The predicted molar refractivity (Wildman–Crippen MR) is 45.3 cm³/mol. The third kappa shape index (κ3) is 1.34. The molecule has 0 aliphatic carbocycles. The van der Waals surface area contributed by atoms with Crippen LogP contribution in [0.1, 0.15) is 10.5 Å². The summed E-state index contributed by atoms with van der Waals surface area (Å²) in [5.74, 6) is -3.00. The second-order valence-electron chi connectivity index (χ2n) is 2.76. The van der Waals surface area contributed by atoms with Gasteiger partial charge in [0.05, 0.1) is 12.5 Å². The first-order valence-electron chi connectivity index (χ1n) is 3.97. The molecule has 0 radical (unpaired) electrons. The van der Waals surface area contributed by atoms with Crippen molar-refractivity contribution in [2.24, 2.45) is 0 Å². The second-order valence-corrected chi connectivity index (χ2v) is 2.76. The number of fused-ring (bicyclic) bond motifs is 1. The normalized spacial score (nSPS) is 10.6. The summed E-state index contributed by atoms with van der Waals surface area (Å²) in [4.78, 5) is 11.1. The summed E-state index contributed by atoms with van der Waals surface area (Å²) in [5.41, 5.74) is -0.568. The third-order valence-electron chi connectivity index (χ3n) is 1.91. The lowest BCUT2D eigenvalue weighted by Gasteiger charge is -1.94. The van der Waals surface area contributed by atoms with Gasteiger partial charge in [0.15, 0.2) is 11.5 Å². The highest BCUT2D eigenvalue weighted by Crippen LogP contribution is 2.23. The van der Waals surface area contributed by atoms with Crippen LogP contribution in [0.15, 0.2) is 16.7 Å². The van der Waals surface area contributed by atoms with Crippen molar-refractivity contribution in [2.75, 3.05) is 7.11 Å². The molecule has 0 unspecified atom stereocenters. The monoisotopic (exact) mass is 213 g/mol. The fourth-order valence-electron chi connectivity index (χ4n) is 1.19. The van der Waals surface area contributed by atoms with E-state index in [1.165, 1.54) is 6.07 Å². The fraction of sp³-hybridized carbons (Fsp3) is 0.111. The van der Waals surface area contributed by atoms with Crippen molar-refractivity contribution in [3.63, 3.8) is 0 Å². The lowest BCUT2D eigenvalue weighted by atomic mass is 10.2. The first-order valence-corrected chi connectivity index (χ1v) is 3.97. The van der Waals surface area contributed by atoms with Gasteiger partial charge in [-0.15, -0.1) is 0 Å². The average molecular weight is 213 g/mol. The SMILES string of the molecule is COC(=O)c1noc2c(F)c(F)ccc12. The highest BCUT2D eigenvalue weighted by atomic mass is 19.2. The Morgan fingerprint density at radius 1 is 1.47 bits per heavy atom. The van der Waals surface area contributed by atoms with Crippen LogP contribution in [0.3, 0.4) is 0 Å². The largest absolute Gasteiger partial charge is 0.464 e. The van der Waals surface area contributed by atoms with Gasteiger partial charge >= 0.3 is 5.97 Å². The Morgan fingerprint density at radius 2 is 2.20 bits per heavy atom. The Morgan fingerprint density at radius 3 is 2.87 bits per heavy atom. The lowest BCUT2D eigenvalue weighted by molar-refractivity contribution is 0.0591. The molecule has 0 N–H and O–H groups in total. The number of nitrogens with zero attached hydrogens (tertiary/aromatic N) is 1. The molecule has 0 saturated carbocycles. The molecule has 0 saturated heterocycles. The van der Waals surface area contributed by atoms with Crippen LogP contribution in [0, 0.1) is 11.6 Å². The molecule has 4 nitrogen and oxygen atoms in total. The van der Waals surface area contributed by atoms with Gasteiger partial charge in [0.1, 0.15) is 0 Å². The number of benzene rings is 1. The van der Waals surface area contributed by atoms with Crippen LogP contribution in [0.25, 0.3) is 11.0 Å². The Hall–Kier alpha value is -1.98. The highest BCUT2D eigenvalue weighted by Gasteiger charge is 2.20. The van der Waals surface area contributed by atoms with E-state index in [4.69, 9.17) is 0 Å². The molecule has 0 aliphatic heterocycles. The van der Waals surface area contributed by atoms with Crippen molar-refractivity contribution < 1.29 is 22.8 Å². The van der Waals surface area contributed by atoms with Crippen LogP contribution in [0.5, 0.6) is 0 Å². The van der Waals surface area contributed by atoms with Crippen molar-refractivity contribution in [3.8, 4) is 0 Å². The first kappa shape index (κ1) is 9.57. The summed E-state index contributed by atoms with van der Waals surface area (Å²) >= 11 is 0. The molecule has 1 aromatic carbocycles. The molecule has 0 bridgehead atoms. The first-order chi connectivity index (χ1) is 7.15. The molecular formula is C9H5F2NO3. The number of rotatable bonds is 1. The maximum atomic E-state index is 13.1. The maximum Gasteiger partial charge on any atom is 0.360 e. The van der Waals surface area contributed by atoms with E-state index in [1.807, 2.05) is 0 Å². The van der Waals surface area contributed by atoms with Gasteiger partial charge < -0.3 is 9.26 Å². The quantitative estimate of drug-likeness (QED) is 0.679. The molecule has 15 heavy (non-hydrogen) atoms. The van der Waals surface area contributed by atoms with Gasteiger partial charge in [-0.1, -0.05) is 5.16 Å². The molecule has 0 spiro atoms. The number of carbonyl (C=O) groups is 1. The van der Waals surface area contributed by atoms with E-state index in [1.54, 1.807) is 0 Å². The van der Waals surface area contributed by atoms with Gasteiger partial charge in [0, 0.05) is 0 Å². The van der Waals surface area contributed by atoms with Gasteiger partial charge in [0.2, 0.25) is 11.4 Å². The van der Waals surface area contributed by atoms with Crippen molar-refractivity contribution in [3.05, 3.63) is 29.5 Å². The molecule has 2 rings (SSSR count). The van der Waals surface area contributed by atoms with Crippen LogP contribution in [-0.4, -0.2) is 18.2 Å². The molecule has 0 aliphatic rings. The number of aromatic nitrogens is 1. The van der Waals surface area contributed by atoms with E-state index < -0.39 is 23.2 Å². The zero-order valence-corrected chi connectivity index (χ0v) is 7.58. The fourth-order valence-corrected chi connectivity index (χ4v) is 1.19. The average Bonchev–Trinajstić information content (AvgIpc) is 2.66. The van der Waals surface area contributed by atoms with E-state index in [0.717, 1.165) is 13.2 Å². The highest BCUT2D eigenvalue weighted by molar-refractivity contribution is 6.01. The summed E-state index contributed by atoms with van der Waals surface area (Å²) in [7, 11) is 1.16. The molecular weight excluding hydrogens is 208 g/mol. The molecule has 6 heteroatoms. The van der Waals surface area contributed by atoms with Crippen molar-refractivity contribution in [1.29, 1.82) is 0 Å². The van der Waals surface area contributed by atoms with Crippen LogP contribution >= 0.6 is 0 Å². The molecule has 1 heterocycles. The number of hydrogen-bond donors (Lipinski definition) is 0. The number of halogens is 2. The maximum absolute atomic E-state index is 13.1. The van der Waals surface area contributed by atoms with E-state index >= 15 is 0 Å². The van der Waals surface area contributed by atoms with Crippen LogP contribution in [0.2, 0.25) is 0 Å². The van der Waals surface area contributed by atoms with Crippen molar-refractivity contribution in [2.45, 2.75) is 0 Å².